The molecule has 4 aliphatic heterocycles. The van der Waals surface area contributed by atoms with Gasteiger partial charge in [0.1, 0.15) is 17.5 Å². The van der Waals surface area contributed by atoms with Crippen LogP contribution >= 0.6 is 0 Å². The van der Waals surface area contributed by atoms with E-state index in [9.17, 15) is 5.26 Å². The molecule has 0 aliphatic carbocycles. The molecule has 0 radical (unpaired) electrons. The lowest BCUT2D eigenvalue weighted by Crippen LogP contribution is -2.71. The van der Waals surface area contributed by atoms with E-state index in [2.05, 4.69) is 62.3 Å². The number of morpholine rings is 2. The Morgan fingerprint density at radius 1 is 1.13 bits per heavy atom. The molecule has 9 nitrogen and oxygen atoms in total. The first-order valence-corrected chi connectivity index (χ1v) is 14.1. The molecule has 2 unspecified atom stereocenters. The summed E-state index contributed by atoms with van der Waals surface area (Å²) in [7, 11) is 0. The van der Waals surface area contributed by atoms with Gasteiger partial charge in [-0.1, -0.05) is 6.07 Å². The summed E-state index contributed by atoms with van der Waals surface area (Å²) in [6, 6.07) is 14.6. The van der Waals surface area contributed by atoms with Crippen LogP contribution in [0.15, 0.2) is 42.6 Å². The van der Waals surface area contributed by atoms with E-state index in [1.807, 2.05) is 12.1 Å². The Hall–Kier alpha value is -3.29. The largest absolute Gasteiger partial charge is 0.370 e. The maximum Gasteiger partial charge on any atom is 0.129 e. The van der Waals surface area contributed by atoms with E-state index >= 15 is 0 Å². The molecule has 7 rings (SSSR count). The third-order valence-electron chi connectivity index (χ3n) is 8.50. The Bertz CT molecular complexity index is 1420. The van der Waals surface area contributed by atoms with Crippen LogP contribution in [0.2, 0.25) is 0 Å². The van der Waals surface area contributed by atoms with Gasteiger partial charge in [-0.3, -0.25) is 9.88 Å². The molecule has 3 aromatic rings. The molecule has 2 atom stereocenters. The van der Waals surface area contributed by atoms with E-state index in [0.717, 1.165) is 94.3 Å². The highest BCUT2D eigenvalue weighted by molar-refractivity contribution is 5.95. The number of pyridine rings is 2. The van der Waals surface area contributed by atoms with Gasteiger partial charge >= 0.3 is 0 Å². The minimum Gasteiger partial charge on any atom is -0.370 e. The molecule has 0 bridgehead atoms. The minimum atomic E-state index is -0.133. The summed E-state index contributed by atoms with van der Waals surface area (Å²) in [5.41, 5.74) is 4.93. The highest BCUT2D eigenvalue weighted by Crippen LogP contribution is 2.34. The normalized spacial score (nSPS) is 24.8. The van der Waals surface area contributed by atoms with Crippen LogP contribution < -0.4 is 15.1 Å². The molecule has 3 fully saturated rings. The van der Waals surface area contributed by atoms with Crippen molar-refractivity contribution >= 4 is 22.4 Å². The van der Waals surface area contributed by atoms with Gasteiger partial charge in [0.05, 0.1) is 36.4 Å². The fourth-order valence-electron chi connectivity index (χ4n) is 6.79. The van der Waals surface area contributed by atoms with E-state index in [0.29, 0.717) is 5.56 Å². The number of nitriles is 1. The third-order valence-corrected chi connectivity index (χ3v) is 8.50. The smallest absolute Gasteiger partial charge is 0.129 e. The summed E-state index contributed by atoms with van der Waals surface area (Å²) in [5, 5.41) is 14.0. The van der Waals surface area contributed by atoms with E-state index < -0.39 is 0 Å². The quantitative estimate of drug-likeness (QED) is 0.551. The standard InChI is InChI=1S/C30H35N7O2/c1-21-15-37(27-6-4-22(13-31)29-25(27)3-2-9-33-29)17-24(39-21)16-35-18-30(19-35)20-36(11-12-38-30)28-7-5-23-14-32-10-8-26(23)34-28/h2-7,9,21,24,32H,8,10-12,14-20H2,1H3. The summed E-state index contributed by atoms with van der Waals surface area (Å²) in [6.07, 6.45) is 2.97. The summed E-state index contributed by atoms with van der Waals surface area (Å²) < 4.78 is 12.8. The molecule has 6 heterocycles. The molecule has 9 heteroatoms. The fourth-order valence-corrected chi connectivity index (χ4v) is 6.79. The molecule has 1 spiro atoms. The zero-order chi connectivity index (χ0) is 26.4. The van der Waals surface area contributed by atoms with Crippen LogP contribution in [-0.4, -0.2) is 91.6 Å². The molecular formula is C30H35N7O2. The first-order valence-electron chi connectivity index (χ1n) is 14.1. The molecule has 39 heavy (non-hydrogen) atoms. The average Bonchev–Trinajstić information content (AvgIpc) is 2.95. The minimum absolute atomic E-state index is 0.101. The Balaban J connectivity index is 1.01. The number of fused-ring (bicyclic) bond motifs is 2. The van der Waals surface area contributed by atoms with E-state index in [-0.39, 0.29) is 17.8 Å². The zero-order valence-electron chi connectivity index (χ0n) is 22.5. The number of nitrogens with one attached hydrogen (secondary N) is 1. The van der Waals surface area contributed by atoms with Crippen LogP contribution in [0.25, 0.3) is 10.9 Å². The molecule has 1 N–H and O–H groups in total. The summed E-state index contributed by atoms with van der Waals surface area (Å²) in [4.78, 5) is 16.8. The van der Waals surface area contributed by atoms with Gasteiger partial charge in [0, 0.05) is 81.7 Å². The molecule has 202 valence electrons. The van der Waals surface area contributed by atoms with Crippen molar-refractivity contribution < 1.29 is 9.47 Å². The van der Waals surface area contributed by atoms with Crippen molar-refractivity contribution in [3.05, 3.63) is 59.4 Å². The van der Waals surface area contributed by atoms with Crippen LogP contribution in [0, 0.1) is 11.3 Å². The Morgan fingerprint density at radius 2 is 2.05 bits per heavy atom. The van der Waals surface area contributed by atoms with Gasteiger partial charge in [-0.15, -0.1) is 0 Å². The molecule has 0 amide bonds. The van der Waals surface area contributed by atoms with E-state index in [4.69, 9.17) is 14.5 Å². The first kappa shape index (κ1) is 24.7. The maximum atomic E-state index is 9.54. The van der Waals surface area contributed by atoms with Crippen molar-refractivity contribution in [3.8, 4) is 6.07 Å². The molecule has 1 aromatic carbocycles. The summed E-state index contributed by atoms with van der Waals surface area (Å²) >= 11 is 0. The molecule has 0 saturated carbocycles. The van der Waals surface area contributed by atoms with Gasteiger partial charge in [-0.2, -0.15) is 5.26 Å². The van der Waals surface area contributed by atoms with Crippen molar-refractivity contribution in [3.63, 3.8) is 0 Å². The van der Waals surface area contributed by atoms with Gasteiger partial charge in [-0.05, 0) is 42.8 Å². The number of anilines is 2. The van der Waals surface area contributed by atoms with Gasteiger partial charge in [0.2, 0.25) is 0 Å². The number of likely N-dealkylation sites (tertiary alicyclic amines) is 1. The second-order valence-corrected chi connectivity index (χ2v) is 11.4. The van der Waals surface area contributed by atoms with Crippen LogP contribution in [-0.2, 0) is 22.4 Å². The number of benzene rings is 1. The molecule has 2 aromatic heterocycles. The van der Waals surface area contributed by atoms with E-state index in [1.54, 1.807) is 6.20 Å². The first-order chi connectivity index (χ1) is 19.1. The second kappa shape index (κ2) is 10.0. The van der Waals surface area contributed by atoms with Crippen molar-refractivity contribution in [2.45, 2.75) is 37.7 Å². The summed E-state index contributed by atoms with van der Waals surface area (Å²) in [6.45, 7) is 10.9. The number of ether oxygens (including phenoxy) is 2. The average molecular weight is 526 g/mol. The molecule has 3 saturated heterocycles. The van der Waals surface area contributed by atoms with Crippen molar-refractivity contribution in [1.29, 1.82) is 5.26 Å². The third kappa shape index (κ3) is 4.72. The van der Waals surface area contributed by atoms with Gasteiger partial charge in [0.25, 0.3) is 0 Å². The zero-order valence-corrected chi connectivity index (χ0v) is 22.5. The van der Waals surface area contributed by atoms with Crippen LogP contribution in [0.1, 0.15) is 23.7 Å². The van der Waals surface area contributed by atoms with Crippen LogP contribution in [0.4, 0.5) is 11.5 Å². The Kier molecular flexibility index (Phi) is 6.36. The van der Waals surface area contributed by atoms with Crippen molar-refractivity contribution in [2.24, 2.45) is 0 Å². The number of rotatable bonds is 4. The lowest BCUT2D eigenvalue weighted by molar-refractivity contribution is -0.161. The SMILES string of the molecule is CC1CN(c2ccc(C#N)c3ncccc23)CC(CN2CC3(C2)CN(c2ccc4c(n2)CCNC4)CCO3)O1. The highest BCUT2D eigenvalue weighted by atomic mass is 16.5. The number of nitrogens with zero attached hydrogens (tertiary/aromatic N) is 6. The Labute approximate surface area is 229 Å². The van der Waals surface area contributed by atoms with Crippen molar-refractivity contribution in [2.75, 3.05) is 68.8 Å². The van der Waals surface area contributed by atoms with Crippen LogP contribution in [0.5, 0.6) is 0 Å². The second-order valence-electron chi connectivity index (χ2n) is 11.4. The van der Waals surface area contributed by atoms with Gasteiger partial charge < -0.3 is 24.6 Å². The predicted molar refractivity (Wildman–Crippen MR) is 150 cm³/mol. The number of aromatic nitrogens is 2. The number of hydrogen-bond donors (Lipinski definition) is 1. The predicted octanol–water partition coefficient (Wildman–Crippen LogP) is 2.33. The van der Waals surface area contributed by atoms with Gasteiger partial charge in [0.15, 0.2) is 0 Å². The highest BCUT2D eigenvalue weighted by Gasteiger charge is 2.48. The van der Waals surface area contributed by atoms with Crippen LogP contribution in [0.3, 0.4) is 0 Å². The topological polar surface area (TPSA) is 89.8 Å². The lowest BCUT2D eigenvalue weighted by Gasteiger charge is -2.55. The molecule has 4 aliphatic rings. The fraction of sp³-hybridized carbons (Fsp3) is 0.500. The van der Waals surface area contributed by atoms with E-state index in [1.165, 1.54) is 11.3 Å². The molecular weight excluding hydrogens is 490 g/mol. The summed E-state index contributed by atoms with van der Waals surface area (Å²) in [5.74, 6) is 1.08. The monoisotopic (exact) mass is 525 g/mol. The van der Waals surface area contributed by atoms with Crippen molar-refractivity contribution in [1.82, 2.24) is 20.2 Å². The number of hydrogen-bond acceptors (Lipinski definition) is 9. The lowest BCUT2D eigenvalue weighted by atomic mass is 9.91. The van der Waals surface area contributed by atoms with Gasteiger partial charge in [-0.25, -0.2) is 4.98 Å². The maximum absolute atomic E-state index is 9.54. The Morgan fingerprint density at radius 3 is 2.95 bits per heavy atom.